The van der Waals surface area contributed by atoms with Crippen LogP contribution in [0.25, 0.3) is 0 Å². The standard InChI is InChI=1S/C22H25NO4S/c1-22(2,3)27-21(26)23-12-11-16-13-17(9-10-18(16)19(23)20(24)25)28-14-15-7-5-4-6-8-15/h4-10,13,19H,11-12,14H2,1-3H3,(H,24,25). The number of amides is 1. The molecule has 0 aromatic heterocycles. The maximum absolute atomic E-state index is 12.5. The maximum Gasteiger partial charge on any atom is 0.411 e. The van der Waals surface area contributed by atoms with Crippen LogP contribution in [0.1, 0.15) is 43.5 Å². The number of carbonyl (C=O) groups is 2. The Labute approximate surface area is 169 Å². The summed E-state index contributed by atoms with van der Waals surface area (Å²) >= 11 is 1.72. The van der Waals surface area contributed by atoms with Gasteiger partial charge in [-0.3, -0.25) is 4.90 Å². The summed E-state index contributed by atoms with van der Waals surface area (Å²) in [7, 11) is 0. The normalized spacial score (nSPS) is 16.4. The van der Waals surface area contributed by atoms with Crippen LogP contribution in [0.3, 0.4) is 0 Å². The molecule has 0 saturated heterocycles. The number of thioether (sulfide) groups is 1. The summed E-state index contributed by atoms with van der Waals surface area (Å²) in [6, 6.07) is 15.0. The van der Waals surface area contributed by atoms with E-state index >= 15 is 0 Å². The van der Waals surface area contributed by atoms with Crippen molar-refractivity contribution in [1.29, 1.82) is 0 Å². The summed E-state index contributed by atoms with van der Waals surface area (Å²) in [6.45, 7) is 5.64. The van der Waals surface area contributed by atoms with Crippen LogP contribution in [0.2, 0.25) is 0 Å². The second kappa shape index (κ2) is 8.27. The van der Waals surface area contributed by atoms with Crippen molar-refractivity contribution >= 4 is 23.8 Å². The van der Waals surface area contributed by atoms with E-state index in [0.29, 0.717) is 18.5 Å². The van der Waals surface area contributed by atoms with E-state index in [4.69, 9.17) is 4.74 Å². The zero-order chi connectivity index (χ0) is 20.3. The summed E-state index contributed by atoms with van der Waals surface area (Å²) in [5.41, 5.74) is 2.21. The average molecular weight is 400 g/mol. The van der Waals surface area contributed by atoms with Crippen molar-refractivity contribution in [3.63, 3.8) is 0 Å². The first kappa shape index (κ1) is 20.3. The molecule has 0 radical (unpaired) electrons. The molecule has 28 heavy (non-hydrogen) atoms. The minimum Gasteiger partial charge on any atom is -0.479 e. The van der Waals surface area contributed by atoms with Gasteiger partial charge in [-0.25, -0.2) is 9.59 Å². The van der Waals surface area contributed by atoms with Gasteiger partial charge in [0.05, 0.1) is 0 Å². The van der Waals surface area contributed by atoms with Crippen LogP contribution in [0.15, 0.2) is 53.4 Å². The minimum absolute atomic E-state index is 0.325. The van der Waals surface area contributed by atoms with Crippen LogP contribution in [0.4, 0.5) is 4.79 Å². The number of nitrogens with zero attached hydrogens (tertiary/aromatic N) is 1. The Kier molecular flexibility index (Phi) is 5.98. The van der Waals surface area contributed by atoms with E-state index in [0.717, 1.165) is 16.2 Å². The van der Waals surface area contributed by atoms with Crippen LogP contribution >= 0.6 is 11.8 Å². The number of hydrogen-bond donors (Lipinski definition) is 1. The highest BCUT2D eigenvalue weighted by Gasteiger charge is 2.38. The number of fused-ring (bicyclic) bond motifs is 1. The van der Waals surface area contributed by atoms with Crippen molar-refractivity contribution in [2.75, 3.05) is 6.54 Å². The third-order valence-electron chi connectivity index (χ3n) is 4.45. The van der Waals surface area contributed by atoms with E-state index in [2.05, 4.69) is 12.1 Å². The Balaban J connectivity index is 1.79. The second-order valence-electron chi connectivity index (χ2n) is 7.80. The van der Waals surface area contributed by atoms with Gasteiger partial charge < -0.3 is 9.84 Å². The molecule has 0 saturated carbocycles. The third kappa shape index (κ3) is 4.87. The lowest BCUT2D eigenvalue weighted by Gasteiger charge is -2.36. The Hall–Kier alpha value is -2.47. The lowest BCUT2D eigenvalue weighted by molar-refractivity contribution is -0.143. The Morgan fingerprint density at radius 2 is 1.89 bits per heavy atom. The zero-order valence-electron chi connectivity index (χ0n) is 16.3. The number of carboxylic acid groups (broad SMARTS) is 1. The topological polar surface area (TPSA) is 66.8 Å². The molecular weight excluding hydrogens is 374 g/mol. The van der Waals surface area contributed by atoms with E-state index in [9.17, 15) is 14.7 Å². The first-order chi connectivity index (χ1) is 13.2. The largest absolute Gasteiger partial charge is 0.479 e. The highest BCUT2D eigenvalue weighted by Crippen LogP contribution is 2.34. The number of carbonyl (C=O) groups excluding carboxylic acids is 1. The predicted molar refractivity (Wildman–Crippen MR) is 109 cm³/mol. The molecule has 0 spiro atoms. The SMILES string of the molecule is CC(C)(C)OC(=O)N1CCc2cc(SCc3ccccc3)ccc2C1C(=O)O. The molecule has 2 aromatic rings. The van der Waals surface area contributed by atoms with Crippen molar-refractivity contribution in [3.8, 4) is 0 Å². The predicted octanol–water partition coefficient (Wildman–Crippen LogP) is 4.90. The first-order valence-electron chi connectivity index (χ1n) is 9.26. The van der Waals surface area contributed by atoms with Crippen LogP contribution in [0, 0.1) is 0 Å². The Morgan fingerprint density at radius 1 is 1.18 bits per heavy atom. The maximum atomic E-state index is 12.5. The van der Waals surface area contributed by atoms with E-state index < -0.39 is 23.7 Å². The van der Waals surface area contributed by atoms with Gasteiger partial charge in [-0.2, -0.15) is 0 Å². The molecule has 1 amide bonds. The third-order valence-corrected chi connectivity index (χ3v) is 5.52. The molecule has 6 heteroatoms. The fraction of sp³-hybridized carbons (Fsp3) is 0.364. The highest BCUT2D eigenvalue weighted by atomic mass is 32.2. The number of hydrogen-bond acceptors (Lipinski definition) is 4. The fourth-order valence-corrected chi connectivity index (χ4v) is 4.13. The van der Waals surface area contributed by atoms with Gasteiger partial charge in [0, 0.05) is 17.2 Å². The monoisotopic (exact) mass is 399 g/mol. The molecule has 3 rings (SSSR count). The van der Waals surface area contributed by atoms with Gasteiger partial charge in [-0.1, -0.05) is 36.4 Å². The number of rotatable bonds is 4. The highest BCUT2D eigenvalue weighted by molar-refractivity contribution is 7.98. The van der Waals surface area contributed by atoms with Crippen molar-refractivity contribution < 1.29 is 19.4 Å². The fourth-order valence-electron chi connectivity index (χ4n) is 3.22. The van der Waals surface area contributed by atoms with Gasteiger partial charge in [-0.15, -0.1) is 11.8 Å². The van der Waals surface area contributed by atoms with E-state index in [1.54, 1.807) is 32.5 Å². The molecule has 1 heterocycles. The van der Waals surface area contributed by atoms with Gasteiger partial charge in [0.25, 0.3) is 0 Å². The van der Waals surface area contributed by atoms with Crippen LogP contribution in [0.5, 0.6) is 0 Å². The summed E-state index contributed by atoms with van der Waals surface area (Å²) in [6.07, 6.45) is 0.0195. The molecule has 5 nitrogen and oxygen atoms in total. The number of aliphatic carboxylic acids is 1. The number of benzene rings is 2. The zero-order valence-corrected chi connectivity index (χ0v) is 17.2. The van der Waals surface area contributed by atoms with Crippen molar-refractivity contribution in [3.05, 3.63) is 65.2 Å². The summed E-state index contributed by atoms with van der Waals surface area (Å²) in [5.74, 6) is -0.192. The van der Waals surface area contributed by atoms with Gasteiger partial charge in [0.15, 0.2) is 6.04 Å². The second-order valence-corrected chi connectivity index (χ2v) is 8.85. The lowest BCUT2D eigenvalue weighted by Crippen LogP contribution is -2.45. The first-order valence-corrected chi connectivity index (χ1v) is 10.2. The van der Waals surface area contributed by atoms with Crippen LogP contribution in [-0.2, 0) is 21.7 Å². The smallest absolute Gasteiger partial charge is 0.411 e. The van der Waals surface area contributed by atoms with Gasteiger partial charge >= 0.3 is 12.1 Å². The van der Waals surface area contributed by atoms with Gasteiger partial charge in [0.2, 0.25) is 0 Å². The number of carboxylic acids is 1. The number of ether oxygens (including phenoxy) is 1. The lowest BCUT2D eigenvalue weighted by atomic mass is 9.93. The van der Waals surface area contributed by atoms with Gasteiger partial charge in [0.1, 0.15) is 5.60 Å². The molecule has 2 aromatic carbocycles. The summed E-state index contributed by atoms with van der Waals surface area (Å²) in [4.78, 5) is 26.8. The van der Waals surface area contributed by atoms with Crippen molar-refractivity contribution in [2.24, 2.45) is 0 Å². The summed E-state index contributed by atoms with van der Waals surface area (Å²) in [5, 5.41) is 9.77. The van der Waals surface area contributed by atoms with Crippen LogP contribution in [-0.4, -0.2) is 34.2 Å². The molecular formula is C22H25NO4S. The molecule has 148 valence electrons. The Bertz CT molecular complexity index is 861. The quantitative estimate of drug-likeness (QED) is 0.741. The molecule has 1 N–H and O–H groups in total. The average Bonchev–Trinajstić information content (AvgIpc) is 2.64. The van der Waals surface area contributed by atoms with E-state index in [-0.39, 0.29) is 0 Å². The van der Waals surface area contributed by atoms with Gasteiger partial charge in [-0.05, 0) is 56.0 Å². The van der Waals surface area contributed by atoms with Crippen LogP contribution < -0.4 is 0 Å². The molecule has 0 bridgehead atoms. The van der Waals surface area contributed by atoms with E-state index in [1.807, 2.05) is 36.4 Å². The summed E-state index contributed by atoms with van der Waals surface area (Å²) < 4.78 is 5.40. The van der Waals surface area contributed by atoms with E-state index in [1.165, 1.54) is 10.5 Å². The molecule has 1 aliphatic rings. The molecule has 0 fully saturated rings. The molecule has 1 atom stereocenters. The molecule has 1 aliphatic heterocycles. The van der Waals surface area contributed by atoms with Crippen molar-refractivity contribution in [2.45, 2.75) is 49.5 Å². The Morgan fingerprint density at radius 3 is 2.54 bits per heavy atom. The molecule has 1 unspecified atom stereocenters. The van der Waals surface area contributed by atoms with Crippen molar-refractivity contribution in [1.82, 2.24) is 4.90 Å². The minimum atomic E-state index is -1.04. The molecule has 0 aliphatic carbocycles.